The molecule has 146 valence electrons. The van der Waals surface area contributed by atoms with Crippen LogP contribution in [0.3, 0.4) is 0 Å². The van der Waals surface area contributed by atoms with Crippen molar-refractivity contribution >= 4 is 11.6 Å². The smallest absolute Gasteiger partial charge is 0.258 e. The monoisotopic (exact) mass is 372 g/mol. The fraction of sp³-hybridized carbons (Fsp3) is 0.381. The summed E-state index contributed by atoms with van der Waals surface area (Å²) in [6.45, 7) is 3.60. The van der Waals surface area contributed by atoms with Gasteiger partial charge < -0.3 is 26.0 Å². The molecular formula is C21H28N2O4. The van der Waals surface area contributed by atoms with Crippen molar-refractivity contribution in [2.24, 2.45) is 0 Å². The van der Waals surface area contributed by atoms with Crippen LogP contribution >= 0.6 is 0 Å². The van der Waals surface area contributed by atoms with E-state index in [0.717, 1.165) is 12.0 Å². The zero-order chi connectivity index (χ0) is 19.8. The molecule has 2 aromatic rings. The molecule has 3 atom stereocenters. The summed E-state index contributed by atoms with van der Waals surface area (Å²) in [6.07, 6.45) is -0.0839. The normalized spacial score (nSPS) is 14.2. The van der Waals surface area contributed by atoms with Crippen LogP contribution < -0.4 is 15.8 Å². The van der Waals surface area contributed by atoms with E-state index in [1.54, 1.807) is 24.3 Å². The van der Waals surface area contributed by atoms with E-state index in [4.69, 9.17) is 10.5 Å². The lowest BCUT2D eigenvalue weighted by atomic mass is 9.98. The van der Waals surface area contributed by atoms with Gasteiger partial charge in [-0.15, -0.1) is 0 Å². The molecule has 0 aliphatic carbocycles. The average Bonchev–Trinajstić information content (AvgIpc) is 2.70. The molecule has 0 saturated carbocycles. The van der Waals surface area contributed by atoms with Gasteiger partial charge in [0.2, 0.25) is 0 Å². The van der Waals surface area contributed by atoms with Crippen LogP contribution in [0.5, 0.6) is 5.75 Å². The second kappa shape index (κ2) is 9.94. The van der Waals surface area contributed by atoms with E-state index < -0.39 is 24.7 Å². The minimum Gasteiger partial charge on any atom is -0.483 e. The number of carbonyl (C=O) groups excluding carboxylic acids is 1. The van der Waals surface area contributed by atoms with E-state index in [-0.39, 0.29) is 6.61 Å². The number of anilines is 1. The Morgan fingerprint density at radius 2 is 1.85 bits per heavy atom. The maximum atomic E-state index is 12.2. The molecule has 0 aromatic heterocycles. The molecule has 1 amide bonds. The van der Waals surface area contributed by atoms with Gasteiger partial charge >= 0.3 is 0 Å². The van der Waals surface area contributed by atoms with Gasteiger partial charge in [-0.25, -0.2) is 0 Å². The van der Waals surface area contributed by atoms with Gasteiger partial charge in [-0.05, 0) is 41.7 Å². The highest BCUT2D eigenvalue weighted by Gasteiger charge is 2.22. The fourth-order valence-electron chi connectivity index (χ4n) is 2.78. The number of benzene rings is 2. The van der Waals surface area contributed by atoms with Gasteiger partial charge in [-0.2, -0.15) is 0 Å². The van der Waals surface area contributed by atoms with Gasteiger partial charge in [-0.1, -0.05) is 44.2 Å². The van der Waals surface area contributed by atoms with Crippen molar-refractivity contribution in [3.8, 4) is 5.75 Å². The largest absolute Gasteiger partial charge is 0.483 e. The van der Waals surface area contributed by atoms with Crippen molar-refractivity contribution in [2.75, 3.05) is 18.9 Å². The number of rotatable bonds is 9. The number of ether oxygens (including phenoxy) is 1. The molecule has 27 heavy (non-hydrogen) atoms. The number of aliphatic hydroxyl groups excluding tert-OH is 2. The van der Waals surface area contributed by atoms with Gasteiger partial charge in [-0.3, -0.25) is 4.79 Å². The summed E-state index contributed by atoms with van der Waals surface area (Å²) in [5, 5.41) is 22.6. The predicted molar refractivity (Wildman–Crippen MR) is 105 cm³/mol. The number of nitrogens with one attached hydrogen (secondary N) is 1. The quantitative estimate of drug-likeness (QED) is 0.506. The zero-order valence-electron chi connectivity index (χ0n) is 15.8. The van der Waals surface area contributed by atoms with Gasteiger partial charge in [0.05, 0.1) is 12.6 Å². The first-order valence-corrected chi connectivity index (χ1v) is 9.11. The highest BCUT2D eigenvalue weighted by atomic mass is 16.5. The summed E-state index contributed by atoms with van der Waals surface area (Å²) in [7, 11) is 0. The molecule has 6 heteroatoms. The maximum absolute atomic E-state index is 12.2. The van der Waals surface area contributed by atoms with Crippen LogP contribution in [0.15, 0.2) is 48.5 Å². The molecular weight excluding hydrogens is 344 g/mol. The third kappa shape index (κ3) is 5.70. The first kappa shape index (κ1) is 20.7. The molecule has 5 N–H and O–H groups in total. The van der Waals surface area contributed by atoms with E-state index in [0.29, 0.717) is 22.9 Å². The zero-order valence-corrected chi connectivity index (χ0v) is 15.8. The van der Waals surface area contributed by atoms with Gasteiger partial charge in [0.15, 0.2) is 6.61 Å². The van der Waals surface area contributed by atoms with Crippen LogP contribution in [-0.2, 0) is 4.79 Å². The summed E-state index contributed by atoms with van der Waals surface area (Å²) in [5.41, 5.74) is 7.82. The van der Waals surface area contributed by atoms with Crippen LogP contribution in [0, 0.1) is 0 Å². The molecule has 6 nitrogen and oxygen atoms in total. The van der Waals surface area contributed by atoms with Crippen molar-refractivity contribution in [1.82, 2.24) is 5.32 Å². The van der Waals surface area contributed by atoms with Gasteiger partial charge in [0, 0.05) is 5.69 Å². The molecule has 0 fully saturated rings. The summed E-state index contributed by atoms with van der Waals surface area (Å²) >= 11 is 0. The maximum Gasteiger partial charge on any atom is 0.258 e. The Morgan fingerprint density at radius 3 is 2.48 bits per heavy atom. The van der Waals surface area contributed by atoms with E-state index in [1.165, 1.54) is 0 Å². The minimum atomic E-state index is -1.05. The Morgan fingerprint density at radius 1 is 1.19 bits per heavy atom. The van der Waals surface area contributed by atoms with Crippen LogP contribution in [0.2, 0.25) is 0 Å². The van der Waals surface area contributed by atoms with Crippen molar-refractivity contribution < 1.29 is 19.7 Å². The van der Waals surface area contributed by atoms with Crippen LogP contribution in [0.1, 0.15) is 43.4 Å². The van der Waals surface area contributed by atoms with Gasteiger partial charge in [0.1, 0.15) is 11.9 Å². The molecule has 0 saturated heterocycles. The third-order valence-electron chi connectivity index (χ3n) is 4.62. The SMILES string of the molecule is CCC(C)c1ccccc1OCC(=O)NC(CO)C(O)c1ccc(N)cc1. The summed E-state index contributed by atoms with van der Waals surface area (Å²) in [5.74, 6) is 0.575. The molecule has 0 bridgehead atoms. The molecule has 0 heterocycles. The first-order chi connectivity index (χ1) is 13.0. The average molecular weight is 372 g/mol. The number of hydrogen-bond donors (Lipinski definition) is 4. The molecule has 2 aromatic carbocycles. The number of hydrogen-bond acceptors (Lipinski definition) is 5. The molecule has 0 spiro atoms. The van der Waals surface area contributed by atoms with E-state index in [2.05, 4.69) is 19.2 Å². The second-order valence-corrected chi connectivity index (χ2v) is 6.60. The second-order valence-electron chi connectivity index (χ2n) is 6.60. The topological polar surface area (TPSA) is 105 Å². The van der Waals surface area contributed by atoms with Gasteiger partial charge in [0.25, 0.3) is 5.91 Å². The number of nitrogens with two attached hydrogens (primary N) is 1. The number of para-hydroxylation sites is 1. The van der Waals surface area contributed by atoms with E-state index in [1.807, 2.05) is 24.3 Å². The minimum absolute atomic E-state index is 0.196. The van der Waals surface area contributed by atoms with E-state index in [9.17, 15) is 15.0 Å². The standard InChI is InChI=1S/C21H28N2O4/c1-3-14(2)17-6-4-5-7-19(17)27-13-20(25)23-18(12-24)21(26)15-8-10-16(22)11-9-15/h4-11,14,18,21,24,26H,3,12-13,22H2,1-2H3,(H,23,25). The molecule has 0 aliphatic heterocycles. The van der Waals surface area contributed by atoms with Crippen LogP contribution in [-0.4, -0.2) is 35.4 Å². The molecule has 2 rings (SSSR count). The molecule has 0 radical (unpaired) electrons. The highest BCUT2D eigenvalue weighted by molar-refractivity contribution is 5.78. The van der Waals surface area contributed by atoms with E-state index >= 15 is 0 Å². The lowest BCUT2D eigenvalue weighted by Crippen LogP contribution is -2.44. The Labute approximate surface area is 160 Å². The first-order valence-electron chi connectivity index (χ1n) is 9.11. The fourth-order valence-corrected chi connectivity index (χ4v) is 2.78. The summed E-state index contributed by atoms with van der Waals surface area (Å²) < 4.78 is 5.68. The van der Waals surface area contributed by atoms with Crippen molar-refractivity contribution in [3.05, 3.63) is 59.7 Å². The third-order valence-corrected chi connectivity index (χ3v) is 4.62. The van der Waals surface area contributed by atoms with Crippen LogP contribution in [0.25, 0.3) is 0 Å². The lowest BCUT2D eigenvalue weighted by Gasteiger charge is -2.23. The molecule has 0 aliphatic rings. The Kier molecular flexibility index (Phi) is 7.64. The highest BCUT2D eigenvalue weighted by Crippen LogP contribution is 2.28. The molecule has 3 unspecified atom stereocenters. The summed E-state index contributed by atoms with van der Waals surface area (Å²) in [6, 6.07) is 13.4. The van der Waals surface area contributed by atoms with Crippen molar-refractivity contribution in [1.29, 1.82) is 0 Å². The number of nitrogen functional groups attached to an aromatic ring is 1. The Hall–Kier alpha value is -2.57. The Balaban J connectivity index is 1.97. The number of carbonyl (C=O) groups is 1. The number of amides is 1. The number of aliphatic hydroxyl groups is 2. The van der Waals surface area contributed by atoms with Crippen molar-refractivity contribution in [3.63, 3.8) is 0 Å². The Bertz CT molecular complexity index is 733. The predicted octanol–water partition coefficient (Wildman–Crippen LogP) is 2.37. The lowest BCUT2D eigenvalue weighted by molar-refractivity contribution is -0.125. The van der Waals surface area contributed by atoms with Crippen LogP contribution in [0.4, 0.5) is 5.69 Å². The van der Waals surface area contributed by atoms with Crippen molar-refractivity contribution in [2.45, 2.75) is 38.3 Å². The summed E-state index contributed by atoms with van der Waals surface area (Å²) in [4.78, 5) is 12.2.